The lowest BCUT2D eigenvalue weighted by atomic mass is 10.1. The number of benzene rings is 1. The minimum absolute atomic E-state index is 0.104. The molecule has 1 aromatic heterocycles. The SMILES string of the molecule is NC(c1cccs1)c1cc(F)c(Br)cc1F. The zero-order valence-electron chi connectivity index (χ0n) is 8.08. The molecule has 0 saturated carbocycles. The summed E-state index contributed by atoms with van der Waals surface area (Å²) in [4.78, 5) is 0.806. The summed E-state index contributed by atoms with van der Waals surface area (Å²) in [5, 5.41) is 1.85. The van der Waals surface area contributed by atoms with E-state index in [1.807, 2.05) is 11.4 Å². The molecule has 0 radical (unpaired) electrons. The van der Waals surface area contributed by atoms with Gasteiger partial charge in [0.2, 0.25) is 0 Å². The second-order valence-corrected chi connectivity index (χ2v) is 5.11. The van der Waals surface area contributed by atoms with Crippen molar-refractivity contribution in [3.8, 4) is 0 Å². The van der Waals surface area contributed by atoms with Crippen molar-refractivity contribution in [1.29, 1.82) is 0 Å². The predicted molar refractivity (Wildman–Crippen MR) is 64.4 cm³/mol. The molecule has 0 aliphatic rings. The molecule has 2 N–H and O–H groups in total. The van der Waals surface area contributed by atoms with Gasteiger partial charge in [-0.2, -0.15) is 0 Å². The number of nitrogens with two attached hydrogens (primary N) is 1. The van der Waals surface area contributed by atoms with E-state index in [1.54, 1.807) is 6.07 Å². The van der Waals surface area contributed by atoms with Gasteiger partial charge in [-0.25, -0.2) is 8.78 Å². The van der Waals surface area contributed by atoms with Gasteiger partial charge in [-0.3, -0.25) is 0 Å². The van der Waals surface area contributed by atoms with Gasteiger partial charge < -0.3 is 5.73 Å². The van der Waals surface area contributed by atoms with Crippen LogP contribution in [0.25, 0.3) is 0 Å². The van der Waals surface area contributed by atoms with E-state index in [0.717, 1.165) is 17.0 Å². The van der Waals surface area contributed by atoms with Crippen LogP contribution in [0.15, 0.2) is 34.1 Å². The van der Waals surface area contributed by atoms with E-state index in [9.17, 15) is 8.78 Å². The minimum atomic E-state index is -0.623. The van der Waals surface area contributed by atoms with Crippen LogP contribution in [0.1, 0.15) is 16.5 Å². The highest BCUT2D eigenvalue weighted by Gasteiger charge is 2.16. The lowest BCUT2D eigenvalue weighted by molar-refractivity contribution is 0.573. The monoisotopic (exact) mass is 303 g/mol. The molecule has 0 amide bonds. The van der Waals surface area contributed by atoms with Crippen molar-refractivity contribution < 1.29 is 8.78 Å². The molecule has 2 rings (SSSR count). The molecule has 84 valence electrons. The molecule has 2 aromatic rings. The Balaban J connectivity index is 2.44. The Morgan fingerprint density at radius 1 is 1.25 bits per heavy atom. The van der Waals surface area contributed by atoms with Gasteiger partial charge in [-0.1, -0.05) is 6.07 Å². The standard InChI is InChI=1S/C11H8BrF2NS/c12-7-5-8(13)6(4-9(7)14)11(15)10-2-1-3-16-10/h1-5,11H,15H2. The molecule has 0 bridgehead atoms. The molecule has 1 heterocycles. The van der Waals surface area contributed by atoms with Gasteiger partial charge in [0.25, 0.3) is 0 Å². The topological polar surface area (TPSA) is 26.0 Å². The third-order valence-corrected chi connectivity index (χ3v) is 3.79. The Labute approximate surface area is 104 Å². The number of halogens is 3. The summed E-state index contributed by atoms with van der Waals surface area (Å²) in [5.41, 5.74) is 6.04. The molecular weight excluding hydrogens is 296 g/mol. The molecule has 1 atom stereocenters. The largest absolute Gasteiger partial charge is 0.320 e. The third-order valence-electron chi connectivity index (χ3n) is 2.22. The quantitative estimate of drug-likeness (QED) is 0.838. The number of hydrogen-bond acceptors (Lipinski definition) is 2. The summed E-state index contributed by atoms with van der Waals surface area (Å²) in [6, 6.07) is 5.23. The predicted octanol–water partition coefficient (Wildman–Crippen LogP) is 3.84. The van der Waals surface area contributed by atoms with Crippen molar-refractivity contribution >= 4 is 27.3 Å². The van der Waals surface area contributed by atoms with E-state index >= 15 is 0 Å². The molecule has 16 heavy (non-hydrogen) atoms. The molecule has 1 nitrogen and oxygen atoms in total. The maximum absolute atomic E-state index is 13.6. The van der Waals surface area contributed by atoms with Crippen LogP contribution in [0.4, 0.5) is 8.78 Å². The average molecular weight is 304 g/mol. The van der Waals surface area contributed by atoms with E-state index in [1.165, 1.54) is 11.3 Å². The highest BCUT2D eigenvalue weighted by Crippen LogP contribution is 2.28. The van der Waals surface area contributed by atoms with Crippen LogP contribution in [0.3, 0.4) is 0 Å². The van der Waals surface area contributed by atoms with Crippen molar-refractivity contribution in [2.24, 2.45) is 5.73 Å². The fraction of sp³-hybridized carbons (Fsp3) is 0.0909. The van der Waals surface area contributed by atoms with Gasteiger partial charge in [0.15, 0.2) is 0 Å². The Morgan fingerprint density at radius 3 is 2.62 bits per heavy atom. The summed E-state index contributed by atoms with van der Waals surface area (Å²) < 4.78 is 27.0. The van der Waals surface area contributed by atoms with E-state index in [2.05, 4.69) is 15.9 Å². The molecule has 1 aromatic carbocycles. The molecule has 0 aliphatic carbocycles. The van der Waals surface area contributed by atoms with Gasteiger partial charge in [-0.15, -0.1) is 11.3 Å². The van der Waals surface area contributed by atoms with Gasteiger partial charge in [0.05, 0.1) is 10.5 Å². The van der Waals surface area contributed by atoms with Crippen LogP contribution >= 0.6 is 27.3 Å². The van der Waals surface area contributed by atoms with Crippen LogP contribution in [0, 0.1) is 11.6 Å². The number of hydrogen-bond donors (Lipinski definition) is 1. The lowest BCUT2D eigenvalue weighted by Gasteiger charge is -2.11. The first-order chi connectivity index (χ1) is 7.59. The maximum atomic E-state index is 13.6. The maximum Gasteiger partial charge on any atom is 0.137 e. The van der Waals surface area contributed by atoms with Gasteiger partial charge >= 0.3 is 0 Å². The lowest BCUT2D eigenvalue weighted by Crippen LogP contribution is -2.12. The van der Waals surface area contributed by atoms with Gasteiger partial charge in [0, 0.05) is 10.4 Å². The number of rotatable bonds is 2. The van der Waals surface area contributed by atoms with E-state index < -0.39 is 17.7 Å². The molecule has 0 fully saturated rings. The van der Waals surface area contributed by atoms with Crippen LogP contribution in [0.5, 0.6) is 0 Å². The molecule has 1 unspecified atom stereocenters. The highest BCUT2D eigenvalue weighted by atomic mass is 79.9. The zero-order valence-corrected chi connectivity index (χ0v) is 10.5. The smallest absolute Gasteiger partial charge is 0.137 e. The fourth-order valence-electron chi connectivity index (χ4n) is 1.40. The highest BCUT2D eigenvalue weighted by molar-refractivity contribution is 9.10. The summed E-state index contributed by atoms with van der Waals surface area (Å²) in [7, 11) is 0. The zero-order chi connectivity index (χ0) is 11.7. The summed E-state index contributed by atoms with van der Waals surface area (Å²) >= 11 is 4.34. The van der Waals surface area contributed by atoms with Crippen LogP contribution in [-0.4, -0.2) is 0 Å². The minimum Gasteiger partial charge on any atom is -0.320 e. The Kier molecular flexibility index (Phi) is 3.37. The van der Waals surface area contributed by atoms with Crippen molar-refractivity contribution in [3.63, 3.8) is 0 Å². The van der Waals surface area contributed by atoms with Crippen LogP contribution in [0.2, 0.25) is 0 Å². The summed E-state index contributed by atoms with van der Waals surface area (Å²) in [6.45, 7) is 0. The second kappa shape index (κ2) is 4.61. The molecule has 5 heteroatoms. The summed E-state index contributed by atoms with van der Waals surface area (Å²) in [6.07, 6.45) is 0. The first-order valence-corrected chi connectivity index (χ1v) is 6.20. The molecular formula is C11H8BrF2NS. The van der Waals surface area contributed by atoms with Gasteiger partial charge in [-0.05, 0) is 39.5 Å². The first-order valence-electron chi connectivity index (χ1n) is 4.53. The summed E-state index contributed by atoms with van der Waals surface area (Å²) in [5.74, 6) is -1.02. The Morgan fingerprint density at radius 2 is 2.00 bits per heavy atom. The molecule has 0 saturated heterocycles. The van der Waals surface area contributed by atoms with E-state index in [0.29, 0.717) is 0 Å². The van der Waals surface area contributed by atoms with Crippen LogP contribution in [-0.2, 0) is 0 Å². The van der Waals surface area contributed by atoms with Crippen molar-refractivity contribution in [2.75, 3.05) is 0 Å². The van der Waals surface area contributed by atoms with E-state index in [4.69, 9.17) is 5.73 Å². The third kappa shape index (κ3) is 2.16. The molecule has 0 aliphatic heterocycles. The Hall–Kier alpha value is -0.780. The second-order valence-electron chi connectivity index (χ2n) is 3.28. The van der Waals surface area contributed by atoms with Gasteiger partial charge in [0.1, 0.15) is 11.6 Å². The number of thiophene rings is 1. The van der Waals surface area contributed by atoms with Crippen LogP contribution < -0.4 is 5.73 Å². The fourth-order valence-corrected chi connectivity index (χ4v) is 2.46. The first kappa shape index (κ1) is 11.7. The normalized spacial score (nSPS) is 12.8. The van der Waals surface area contributed by atoms with Crippen molar-refractivity contribution in [3.05, 3.63) is 56.2 Å². The van der Waals surface area contributed by atoms with Crippen molar-refractivity contribution in [1.82, 2.24) is 0 Å². The average Bonchev–Trinajstić information content (AvgIpc) is 2.75. The Bertz CT molecular complexity index is 499. The van der Waals surface area contributed by atoms with Crippen molar-refractivity contribution in [2.45, 2.75) is 6.04 Å². The molecule has 0 spiro atoms. The van der Waals surface area contributed by atoms with E-state index in [-0.39, 0.29) is 10.0 Å².